The van der Waals surface area contributed by atoms with Crippen LogP contribution in [0.25, 0.3) is 0 Å². The molecule has 156 valence electrons. The van der Waals surface area contributed by atoms with Crippen molar-refractivity contribution >= 4 is 17.6 Å². The van der Waals surface area contributed by atoms with Gasteiger partial charge in [-0.1, -0.05) is 54.4 Å². The minimum absolute atomic E-state index is 0.169. The molecular weight excluding hydrogens is 405 g/mol. The fourth-order valence-electron chi connectivity index (χ4n) is 3.19. The van der Waals surface area contributed by atoms with Gasteiger partial charge in [-0.3, -0.25) is 0 Å². The molecule has 1 unspecified atom stereocenters. The van der Waals surface area contributed by atoms with Crippen LogP contribution in [0.5, 0.6) is 0 Å². The van der Waals surface area contributed by atoms with E-state index in [1.807, 2.05) is 24.3 Å². The number of halogens is 4. The monoisotopic (exact) mass is 426 g/mol. The minimum Gasteiger partial charge on any atom is -0.375 e. The van der Waals surface area contributed by atoms with Gasteiger partial charge in [0.15, 0.2) is 0 Å². The first-order chi connectivity index (χ1) is 13.7. The van der Waals surface area contributed by atoms with Gasteiger partial charge in [0.05, 0.1) is 6.54 Å². The average Bonchev–Trinajstić information content (AvgIpc) is 2.64. The molecule has 4 nitrogen and oxygen atoms in total. The highest BCUT2D eigenvalue weighted by molar-refractivity contribution is 6.30. The van der Waals surface area contributed by atoms with Gasteiger partial charge in [0.25, 0.3) is 0 Å². The lowest BCUT2D eigenvalue weighted by Crippen LogP contribution is -2.52. The van der Waals surface area contributed by atoms with Gasteiger partial charge >= 0.3 is 12.2 Å². The highest BCUT2D eigenvalue weighted by Gasteiger charge is 2.55. The molecule has 8 heteroatoms. The van der Waals surface area contributed by atoms with Crippen LogP contribution in [0.15, 0.2) is 48.5 Å². The summed E-state index contributed by atoms with van der Waals surface area (Å²) in [5.41, 5.74) is -1.52. The number of amides is 2. The molecule has 2 aromatic rings. The van der Waals surface area contributed by atoms with Gasteiger partial charge in [-0.05, 0) is 47.6 Å². The number of nitrogens with one attached hydrogen (secondary N) is 2. The third kappa shape index (κ3) is 5.03. The molecule has 0 aliphatic heterocycles. The van der Waals surface area contributed by atoms with Crippen LogP contribution in [0.1, 0.15) is 41.9 Å². The molecule has 2 aromatic carbocycles. The van der Waals surface area contributed by atoms with Crippen molar-refractivity contribution in [3.63, 3.8) is 0 Å². The number of hydrogen-bond donors (Lipinski definition) is 3. The van der Waals surface area contributed by atoms with Crippen LogP contribution < -0.4 is 10.6 Å². The summed E-state index contributed by atoms with van der Waals surface area (Å²) in [6.07, 6.45) is -1.36. The molecule has 0 heterocycles. The lowest BCUT2D eigenvalue weighted by molar-refractivity contribution is -0.263. The van der Waals surface area contributed by atoms with Crippen LogP contribution >= 0.6 is 11.6 Å². The molecule has 0 bridgehead atoms. The maximum Gasteiger partial charge on any atom is 0.423 e. The molecule has 1 saturated carbocycles. The quantitative estimate of drug-likeness (QED) is 0.618. The van der Waals surface area contributed by atoms with Gasteiger partial charge in [-0.2, -0.15) is 13.2 Å². The van der Waals surface area contributed by atoms with Crippen LogP contribution in [0.2, 0.25) is 5.02 Å². The van der Waals surface area contributed by atoms with Crippen LogP contribution in [-0.2, 0) is 12.1 Å². The van der Waals surface area contributed by atoms with Gasteiger partial charge in [0, 0.05) is 11.6 Å². The van der Waals surface area contributed by atoms with E-state index in [1.165, 1.54) is 37.0 Å². The summed E-state index contributed by atoms with van der Waals surface area (Å²) in [5.74, 6) is 0.605. The number of alkyl halides is 3. The second kappa shape index (κ2) is 8.63. The fraction of sp³-hybridized carbons (Fsp3) is 0.381. The van der Waals surface area contributed by atoms with Crippen LogP contribution in [0.3, 0.4) is 0 Å². The van der Waals surface area contributed by atoms with Crippen LogP contribution in [0.4, 0.5) is 18.0 Å². The molecule has 3 rings (SSSR count). The first kappa shape index (κ1) is 21.5. The number of benzene rings is 2. The Morgan fingerprint density at radius 1 is 1.03 bits per heavy atom. The highest BCUT2D eigenvalue weighted by Crippen LogP contribution is 2.39. The van der Waals surface area contributed by atoms with Crippen molar-refractivity contribution in [2.45, 2.75) is 43.5 Å². The molecule has 1 aliphatic carbocycles. The van der Waals surface area contributed by atoms with Crippen molar-refractivity contribution in [1.82, 2.24) is 10.6 Å². The smallest absolute Gasteiger partial charge is 0.375 e. The van der Waals surface area contributed by atoms with Crippen LogP contribution in [0, 0.1) is 0 Å². The molecule has 1 fully saturated rings. The van der Waals surface area contributed by atoms with E-state index in [0.717, 1.165) is 17.7 Å². The molecule has 0 saturated heterocycles. The predicted molar refractivity (Wildman–Crippen MR) is 105 cm³/mol. The summed E-state index contributed by atoms with van der Waals surface area (Å²) in [6.45, 7) is -0.854. The van der Waals surface area contributed by atoms with Gasteiger partial charge in [0.2, 0.25) is 5.60 Å². The number of carbonyl (C=O) groups is 1. The largest absolute Gasteiger partial charge is 0.423 e. The lowest BCUT2D eigenvalue weighted by Gasteiger charge is -2.31. The van der Waals surface area contributed by atoms with Crippen molar-refractivity contribution in [2.24, 2.45) is 0 Å². The van der Waals surface area contributed by atoms with E-state index in [1.54, 1.807) is 0 Å². The van der Waals surface area contributed by atoms with Gasteiger partial charge < -0.3 is 15.7 Å². The SMILES string of the molecule is O=C(NCc1ccc(C2CCC2)cc1)NCC(O)(c1ccc(Cl)cc1)C(F)(F)F. The Morgan fingerprint density at radius 3 is 2.17 bits per heavy atom. The van der Waals surface area contributed by atoms with E-state index >= 15 is 0 Å². The molecule has 0 radical (unpaired) electrons. The van der Waals surface area contributed by atoms with E-state index in [-0.39, 0.29) is 11.6 Å². The topological polar surface area (TPSA) is 61.4 Å². The number of urea groups is 1. The Morgan fingerprint density at radius 2 is 1.66 bits per heavy atom. The summed E-state index contributed by atoms with van der Waals surface area (Å²) < 4.78 is 40.4. The fourth-order valence-corrected chi connectivity index (χ4v) is 3.32. The summed E-state index contributed by atoms with van der Waals surface area (Å²) in [4.78, 5) is 12.0. The molecule has 0 aromatic heterocycles. The number of aliphatic hydroxyl groups is 1. The van der Waals surface area contributed by atoms with Crippen molar-refractivity contribution in [1.29, 1.82) is 0 Å². The van der Waals surface area contributed by atoms with Crippen molar-refractivity contribution in [3.05, 3.63) is 70.2 Å². The maximum absolute atomic E-state index is 13.5. The maximum atomic E-state index is 13.5. The summed E-state index contributed by atoms with van der Waals surface area (Å²) >= 11 is 5.70. The molecule has 0 spiro atoms. The molecule has 2 amide bonds. The molecular formula is C21H22ClF3N2O2. The lowest BCUT2D eigenvalue weighted by atomic mass is 9.80. The minimum atomic E-state index is -4.98. The Kier molecular flexibility index (Phi) is 6.39. The zero-order valence-electron chi connectivity index (χ0n) is 15.6. The number of hydrogen-bond acceptors (Lipinski definition) is 2. The Labute approximate surface area is 172 Å². The van der Waals surface area contributed by atoms with E-state index in [0.29, 0.717) is 5.92 Å². The highest BCUT2D eigenvalue weighted by atomic mass is 35.5. The Hall–Kier alpha value is -2.25. The second-order valence-electron chi connectivity index (χ2n) is 7.27. The standard InChI is InChI=1S/C21H22ClF3N2O2/c22-18-10-8-17(9-11-18)20(29,21(23,24)25)13-27-19(28)26-12-14-4-6-16(7-5-14)15-2-1-3-15/h4-11,15,29H,1-3,12-13H2,(H2,26,27,28). The van der Waals surface area contributed by atoms with Gasteiger partial charge in [0.1, 0.15) is 0 Å². The van der Waals surface area contributed by atoms with E-state index < -0.39 is 29.9 Å². The Bertz CT molecular complexity index is 836. The van der Waals surface area contributed by atoms with Crippen molar-refractivity contribution in [2.75, 3.05) is 6.54 Å². The normalized spacial score (nSPS) is 16.6. The zero-order valence-corrected chi connectivity index (χ0v) is 16.4. The third-order valence-corrected chi connectivity index (χ3v) is 5.56. The third-order valence-electron chi connectivity index (χ3n) is 5.30. The van der Waals surface area contributed by atoms with Gasteiger partial charge in [-0.25, -0.2) is 4.79 Å². The first-order valence-electron chi connectivity index (χ1n) is 9.35. The molecule has 1 atom stereocenters. The first-order valence-corrected chi connectivity index (χ1v) is 9.72. The number of carbonyl (C=O) groups excluding carboxylic acids is 1. The van der Waals surface area contributed by atoms with E-state index in [2.05, 4.69) is 10.6 Å². The second-order valence-corrected chi connectivity index (χ2v) is 7.71. The number of rotatable bonds is 6. The predicted octanol–water partition coefficient (Wildman–Crippen LogP) is 4.86. The summed E-state index contributed by atoms with van der Waals surface area (Å²) in [6, 6.07) is 11.7. The zero-order chi connectivity index (χ0) is 21.1. The van der Waals surface area contributed by atoms with Crippen molar-refractivity contribution in [3.8, 4) is 0 Å². The average molecular weight is 427 g/mol. The molecule has 3 N–H and O–H groups in total. The van der Waals surface area contributed by atoms with Crippen molar-refractivity contribution < 1.29 is 23.1 Å². The Balaban J connectivity index is 1.56. The summed E-state index contributed by atoms with van der Waals surface area (Å²) in [5, 5.41) is 15.1. The van der Waals surface area contributed by atoms with Crippen LogP contribution in [-0.4, -0.2) is 23.9 Å². The summed E-state index contributed by atoms with van der Waals surface area (Å²) in [7, 11) is 0. The van der Waals surface area contributed by atoms with Gasteiger partial charge in [-0.15, -0.1) is 0 Å². The van der Waals surface area contributed by atoms with E-state index in [9.17, 15) is 23.1 Å². The van der Waals surface area contributed by atoms with E-state index in [4.69, 9.17) is 11.6 Å². The molecule has 1 aliphatic rings. The molecule has 29 heavy (non-hydrogen) atoms.